The van der Waals surface area contributed by atoms with Gasteiger partial charge in [0.1, 0.15) is 0 Å². The molecule has 3 amide bonds. The van der Waals surface area contributed by atoms with Crippen molar-refractivity contribution in [1.29, 1.82) is 0 Å². The van der Waals surface area contributed by atoms with Crippen molar-refractivity contribution in [3.8, 4) is 0 Å². The fourth-order valence-electron chi connectivity index (χ4n) is 1.33. The summed E-state index contributed by atoms with van der Waals surface area (Å²) in [6.45, 7) is 7.36. The summed E-state index contributed by atoms with van der Waals surface area (Å²) in [4.78, 5) is 23.2. The Morgan fingerprint density at radius 2 is 1.84 bits per heavy atom. The molecule has 5 heteroatoms. The number of hydrogen-bond acceptors (Lipinski definition) is 2. The van der Waals surface area contributed by atoms with Crippen molar-refractivity contribution in [1.82, 2.24) is 10.9 Å². The van der Waals surface area contributed by atoms with Gasteiger partial charge in [-0.3, -0.25) is 10.2 Å². The molecule has 0 aliphatic heterocycles. The molecule has 1 aromatic rings. The van der Waals surface area contributed by atoms with Gasteiger partial charge in [0.05, 0.1) is 0 Å². The van der Waals surface area contributed by atoms with Crippen LogP contribution in [0.4, 0.5) is 10.5 Å². The first-order valence-corrected chi connectivity index (χ1v) is 6.29. The van der Waals surface area contributed by atoms with Crippen molar-refractivity contribution in [2.75, 3.05) is 5.32 Å². The van der Waals surface area contributed by atoms with Gasteiger partial charge in [0.25, 0.3) is 0 Å². The predicted molar refractivity (Wildman–Crippen MR) is 75.6 cm³/mol. The van der Waals surface area contributed by atoms with Gasteiger partial charge in [-0.2, -0.15) is 0 Å². The summed E-state index contributed by atoms with van der Waals surface area (Å²) >= 11 is 0. The maximum absolute atomic E-state index is 11.6. The Bertz CT molecular complexity index is 464. The average molecular weight is 263 g/mol. The fourth-order valence-corrected chi connectivity index (χ4v) is 1.33. The lowest BCUT2D eigenvalue weighted by Gasteiger charge is -2.18. The zero-order valence-electron chi connectivity index (χ0n) is 11.8. The quantitative estimate of drug-likeness (QED) is 0.717. The summed E-state index contributed by atoms with van der Waals surface area (Å²) in [7, 11) is 0. The molecule has 0 saturated carbocycles. The molecule has 0 fully saturated rings. The fraction of sp³-hybridized carbons (Fsp3) is 0.429. The molecular formula is C14H21N3O2. The van der Waals surface area contributed by atoms with Crippen LogP contribution >= 0.6 is 0 Å². The number of carbonyl (C=O) groups is 2. The van der Waals surface area contributed by atoms with Gasteiger partial charge in [0.15, 0.2) is 0 Å². The van der Waals surface area contributed by atoms with Gasteiger partial charge in [-0.15, -0.1) is 0 Å². The van der Waals surface area contributed by atoms with Gasteiger partial charge in [-0.05, 0) is 24.1 Å². The van der Waals surface area contributed by atoms with Gasteiger partial charge in [0.2, 0.25) is 5.91 Å². The van der Waals surface area contributed by atoms with Gasteiger partial charge in [-0.25, -0.2) is 10.2 Å². The molecule has 19 heavy (non-hydrogen) atoms. The van der Waals surface area contributed by atoms with Crippen molar-refractivity contribution in [3.63, 3.8) is 0 Å². The number of hydrazine groups is 1. The lowest BCUT2D eigenvalue weighted by Crippen LogP contribution is -2.48. The first kappa shape index (κ1) is 15.0. The number of carbonyl (C=O) groups excluding carboxylic acids is 2. The number of urea groups is 1. The second-order valence-electron chi connectivity index (χ2n) is 5.34. The van der Waals surface area contributed by atoms with Crippen molar-refractivity contribution >= 4 is 17.6 Å². The molecule has 0 heterocycles. The topological polar surface area (TPSA) is 70.2 Å². The molecule has 0 aliphatic rings. The van der Waals surface area contributed by atoms with E-state index >= 15 is 0 Å². The molecule has 0 aromatic heterocycles. The van der Waals surface area contributed by atoms with E-state index in [9.17, 15) is 9.59 Å². The van der Waals surface area contributed by atoms with E-state index in [0.29, 0.717) is 5.69 Å². The predicted octanol–water partition coefficient (Wildman–Crippen LogP) is 2.45. The maximum Gasteiger partial charge on any atom is 0.337 e. The van der Waals surface area contributed by atoms with Crippen molar-refractivity contribution < 1.29 is 9.59 Å². The largest absolute Gasteiger partial charge is 0.337 e. The van der Waals surface area contributed by atoms with Crippen molar-refractivity contribution in [2.45, 2.75) is 34.1 Å². The molecular weight excluding hydrogens is 242 g/mol. The molecule has 0 spiro atoms. The zero-order chi connectivity index (χ0) is 14.5. The summed E-state index contributed by atoms with van der Waals surface area (Å²) in [5, 5.41) is 2.66. The Morgan fingerprint density at radius 1 is 1.16 bits per heavy atom. The molecule has 0 aliphatic carbocycles. The zero-order valence-corrected chi connectivity index (χ0v) is 11.8. The van der Waals surface area contributed by atoms with Crippen LogP contribution in [0.1, 0.15) is 33.3 Å². The molecule has 0 atom stereocenters. The van der Waals surface area contributed by atoms with Gasteiger partial charge < -0.3 is 5.32 Å². The van der Waals surface area contributed by atoms with Crippen LogP contribution < -0.4 is 16.2 Å². The molecule has 0 unspecified atom stereocenters. The number of benzene rings is 1. The van der Waals surface area contributed by atoms with Crippen LogP contribution in [-0.4, -0.2) is 11.9 Å². The van der Waals surface area contributed by atoms with Crippen LogP contribution in [0, 0.1) is 5.41 Å². The lowest BCUT2D eigenvalue weighted by atomic mass is 9.96. The van der Waals surface area contributed by atoms with Crippen LogP contribution in [0.2, 0.25) is 0 Å². The lowest BCUT2D eigenvalue weighted by molar-refractivity contribution is -0.129. The van der Waals surface area contributed by atoms with Gasteiger partial charge >= 0.3 is 6.03 Å². The maximum atomic E-state index is 11.6. The number of hydrogen-bond donors (Lipinski definition) is 3. The van der Waals surface area contributed by atoms with E-state index in [2.05, 4.69) is 16.2 Å². The van der Waals surface area contributed by atoms with E-state index in [0.717, 1.165) is 12.0 Å². The Labute approximate surface area is 113 Å². The second-order valence-corrected chi connectivity index (χ2v) is 5.34. The summed E-state index contributed by atoms with van der Waals surface area (Å²) in [5.41, 5.74) is 5.98. The number of rotatable bonds is 2. The smallest absolute Gasteiger partial charge is 0.307 e. The molecule has 0 saturated heterocycles. The summed E-state index contributed by atoms with van der Waals surface area (Å²) < 4.78 is 0. The Hall–Kier alpha value is -2.04. The molecule has 0 bridgehead atoms. The standard InChI is InChI=1S/C14H21N3O2/c1-5-10-7-6-8-11(9-10)15-13(19)17-16-12(18)14(2,3)4/h6-9H,5H2,1-4H3,(H,16,18)(H2,15,17,19). The van der Waals surface area contributed by atoms with Crippen molar-refractivity contribution in [2.24, 2.45) is 5.41 Å². The van der Waals surface area contributed by atoms with E-state index in [1.165, 1.54) is 0 Å². The minimum Gasteiger partial charge on any atom is -0.307 e. The van der Waals surface area contributed by atoms with E-state index < -0.39 is 11.4 Å². The third-order valence-corrected chi connectivity index (χ3v) is 2.56. The van der Waals surface area contributed by atoms with E-state index in [-0.39, 0.29) is 5.91 Å². The number of amides is 3. The van der Waals surface area contributed by atoms with E-state index in [4.69, 9.17) is 0 Å². The molecule has 104 valence electrons. The highest BCUT2D eigenvalue weighted by Gasteiger charge is 2.21. The third-order valence-electron chi connectivity index (χ3n) is 2.56. The van der Waals surface area contributed by atoms with Gasteiger partial charge in [0, 0.05) is 11.1 Å². The third kappa shape index (κ3) is 4.99. The van der Waals surface area contributed by atoms with E-state index in [1.807, 2.05) is 25.1 Å². The SMILES string of the molecule is CCc1cccc(NC(=O)NNC(=O)C(C)(C)C)c1. The first-order valence-electron chi connectivity index (χ1n) is 6.29. The molecule has 5 nitrogen and oxygen atoms in total. The average Bonchev–Trinajstić information content (AvgIpc) is 2.35. The minimum absolute atomic E-state index is 0.245. The van der Waals surface area contributed by atoms with Crippen LogP contribution in [0.15, 0.2) is 24.3 Å². The van der Waals surface area contributed by atoms with Crippen LogP contribution in [0.3, 0.4) is 0 Å². The number of nitrogens with one attached hydrogen (secondary N) is 3. The normalized spacial score (nSPS) is 10.7. The highest BCUT2D eigenvalue weighted by molar-refractivity contribution is 5.91. The highest BCUT2D eigenvalue weighted by atomic mass is 16.2. The van der Waals surface area contributed by atoms with Crippen LogP contribution in [-0.2, 0) is 11.2 Å². The number of aryl methyl sites for hydroxylation is 1. The Morgan fingerprint density at radius 3 is 2.42 bits per heavy atom. The van der Waals surface area contributed by atoms with E-state index in [1.54, 1.807) is 26.8 Å². The molecule has 1 rings (SSSR count). The van der Waals surface area contributed by atoms with Crippen LogP contribution in [0.5, 0.6) is 0 Å². The number of anilines is 1. The Kier molecular flexibility index (Phi) is 4.92. The second kappa shape index (κ2) is 6.22. The molecule has 0 radical (unpaired) electrons. The molecule has 1 aromatic carbocycles. The highest BCUT2D eigenvalue weighted by Crippen LogP contribution is 2.12. The molecule has 3 N–H and O–H groups in total. The van der Waals surface area contributed by atoms with Crippen molar-refractivity contribution in [3.05, 3.63) is 29.8 Å². The first-order chi connectivity index (χ1) is 8.82. The van der Waals surface area contributed by atoms with Gasteiger partial charge in [-0.1, -0.05) is 39.8 Å². The summed E-state index contributed by atoms with van der Waals surface area (Å²) in [6.07, 6.45) is 0.901. The van der Waals surface area contributed by atoms with Crippen LogP contribution in [0.25, 0.3) is 0 Å². The monoisotopic (exact) mass is 263 g/mol. The minimum atomic E-state index is -0.546. The summed E-state index contributed by atoms with van der Waals surface area (Å²) in [6, 6.07) is 7.09. The Balaban J connectivity index is 2.49. The summed E-state index contributed by atoms with van der Waals surface area (Å²) in [5.74, 6) is -0.245.